The third-order valence-corrected chi connectivity index (χ3v) is 4.55. The summed E-state index contributed by atoms with van der Waals surface area (Å²) in [5, 5.41) is 0. The molecule has 5 heteroatoms. The van der Waals surface area contributed by atoms with Gasteiger partial charge in [-0.1, -0.05) is 42.5 Å². The first-order valence-corrected chi connectivity index (χ1v) is 9.00. The summed E-state index contributed by atoms with van der Waals surface area (Å²) < 4.78 is 10.8. The van der Waals surface area contributed by atoms with E-state index in [9.17, 15) is 4.79 Å². The maximum absolute atomic E-state index is 12.2. The third-order valence-electron chi connectivity index (χ3n) is 4.55. The molecule has 1 heterocycles. The molecule has 0 atom stereocenters. The molecule has 0 radical (unpaired) electrons. The summed E-state index contributed by atoms with van der Waals surface area (Å²) in [5.41, 5.74) is 4.88. The summed E-state index contributed by atoms with van der Waals surface area (Å²) in [7, 11) is 1.37. The molecule has 0 fully saturated rings. The zero-order valence-corrected chi connectivity index (χ0v) is 15.7. The predicted octanol–water partition coefficient (Wildman–Crippen LogP) is 4.90. The average molecular weight is 372 g/mol. The Morgan fingerprint density at radius 3 is 2.46 bits per heavy atom. The standard InChI is InChI=1S/C23H20N2O3/c1-15-24-21-13-18(12-20(22(21)25-15)23(26)27-2)17-8-10-19(11-9-17)28-14-16-6-4-3-5-7-16/h3-13H,14H2,1-2H3,(H,24,25). The van der Waals surface area contributed by atoms with Crippen molar-refractivity contribution in [3.63, 3.8) is 0 Å². The minimum absolute atomic E-state index is 0.402. The van der Waals surface area contributed by atoms with Crippen LogP contribution < -0.4 is 4.74 Å². The largest absolute Gasteiger partial charge is 0.489 e. The topological polar surface area (TPSA) is 64.2 Å². The van der Waals surface area contributed by atoms with Gasteiger partial charge >= 0.3 is 5.97 Å². The van der Waals surface area contributed by atoms with E-state index in [0.717, 1.165) is 33.8 Å². The van der Waals surface area contributed by atoms with Gasteiger partial charge in [-0.3, -0.25) is 0 Å². The molecule has 0 aliphatic heterocycles. The number of aromatic nitrogens is 2. The van der Waals surface area contributed by atoms with Gasteiger partial charge in [0.1, 0.15) is 23.7 Å². The van der Waals surface area contributed by atoms with Crippen LogP contribution in [0, 0.1) is 6.92 Å². The quantitative estimate of drug-likeness (QED) is 0.506. The number of nitrogens with one attached hydrogen (secondary N) is 1. The Bertz CT molecular complexity index is 1120. The molecule has 0 saturated heterocycles. The number of H-pyrrole nitrogens is 1. The molecule has 0 aliphatic carbocycles. The van der Waals surface area contributed by atoms with Gasteiger partial charge in [0.25, 0.3) is 0 Å². The number of imidazole rings is 1. The zero-order chi connectivity index (χ0) is 19.5. The Labute approximate surface area is 163 Å². The molecule has 4 rings (SSSR count). The summed E-state index contributed by atoms with van der Waals surface area (Å²) in [6, 6.07) is 21.7. The molecule has 0 amide bonds. The van der Waals surface area contributed by atoms with Crippen LogP contribution in [0.1, 0.15) is 21.7 Å². The summed E-state index contributed by atoms with van der Waals surface area (Å²) in [6.07, 6.45) is 0. The minimum atomic E-state index is -0.402. The molecule has 1 aromatic heterocycles. The number of methoxy groups -OCH3 is 1. The lowest BCUT2D eigenvalue weighted by Crippen LogP contribution is -2.02. The molecule has 3 aromatic carbocycles. The lowest BCUT2D eigenvalue weighted by molar-refractivity contribution is 0.0603. The van der Waals surface area contributed by atoms with Gasteiger partial charge in [0, 0.05) is 0 Å². The van der Waals surface area contributed by atoms with Gasteiger partial charge in [0.15, 0.2) is 0 Å². The molecule has 5 nitrogen and oxygen atoms in total. The van der Waals surface area contributed by atoms with Gasteiger partial charge in [-0.15, -0.1) is 0 Å². The Hall–Kier alpha value is -3.60. The second kappa shape index (κ2) is 7.56. The van der Waals surface area contributed by atoms with Gasteiger partial charge in [-0.05, 0) is 47.9 Å². The molecule has 28 heavy (non-hydrogen) atoms. The summed E-state index contributed by atoms with van der Waals surface area (Å²) in [5.74, 6) is 1.14. The van der Waals surface area contributed by atoms with Crippen LogP contribution in [-0.4, -0.2) is 23.0 Å². The van der Waals surface area contributed by atoms with E-state index < -0.39 is 5.97 Å². The fourth-order valence-corrected chi connectivity index (χ4v) is 3.16. The van der Waals surface area contributed by atoms with E-state index in [2.05, 4.69) is 9.97 Å². The van der Waals surface area contributed by atoms with Crippen molar-refractivity contribution < 1.29 is 14.3 Å². The lowest BCUT2D eigenvalue weighted by Gasteiger charge is -2.09. The maximum Gasteiger partial charge on any atom is 0.340 e. The van der Waals surface area contributed by atoms with E-state index in [4.69, 9.17) is 9.47 Å². The highest BCUT2D eigenvalue weighted by atomic mass is 16.5. The molecule has 0 unspecified atom stereocenters. The second-order valence-electron chi connectivity index (χ2n) is 6.53. The number of nitrogens with zero attached hydrogens (tertiary/aromatic N) is 1. The monoisotopic (exact) mass is 372 g/mol. The Morgan fingerprint density at radius 1 is 1.00 bits per heavy atom. The molecule has 1 N–H and O–H groups in total. The number of carbonyl (C=O) groups excluding carboxylic acids is 1. The fourth-order valence-electron chi connectivity index (χ4n) is 3.16. The zero-order valence-electron chi connectivity index (χ0n) is 15.7. The van der Waals surface area contributed by atoms with Crippen LogP contribution in [0.3, 0.4) is 0 Å². The summed E-state index contributed by atoms with van der Waals surface area (Å²) >= 11 is 0. The highest BCUT2D eigenvalue weighted by Gasteiger charge is 2.16. The van der Waals surface area contributed by atoms with Crippen LogP contribution in [0.15, 0.2) is 66.7 Å². The van der Waals surface area contributed by atoms with Crippen molar-refractivity contribution in [3.05, 3.63) is 83.7 Å². The smallest absolute Gasteiger partial charge is 0.340 e. The first-order valence-electron chi connectivity index (χ1n) is 9.00. The first-order chi connectivity index (χ1) is 13.6. The number of esters is 1. The van der Waals surface area contributed by atoms with E-state index in [1.54, 1.807) is 0 Å². The molecular formula is C23H20N2O3. The molecular weight excluding hydrogens is 352 g/mol. The number of aryl methyl sites for hydroxylation is 1. The third kappa shape index (κ3) is 3.60. The maximum atomic E-state index is 12.2. The minimum Gasteiger partial charge on any atom is -0.489 e. The van der Waals surface area contributed by atoms with Crippen molar-refractivity contribution in [2.75, 3.05) is 7.11 Å². The van der Waals surface area contributed by atoms with Crippen LogP contribution in [0.2, 0.25) is 0 Å². The van der Waals surface area contributed by atoms with Crippen molar-refractivity contribution in [1.82, 2.24) is 9.97 Å². The van der Waals surface area contributed by atoms with E-state index in [0.29, 0.717) is 17.7 Å². The SMILES string of the molecule is COC(=O)c1cc(-c2ccc(OCc3ccccc3)cc2)cc2[nH]c(C)nc12. The molecule has 0 aliphatic rings. The van der Waals surface area contributed by atoms with Crippen LogP contribution in [0.5, 0.6) is 5.75 Å². The van der Waals surface area contributed by atoms with Gasteiger partial charge in [-0.2, -0.15) is 0 Å². The van der Waals surface area contributed by atoms with Crippen LogP contribution >= 0.6 is 0 Å². The molecule has 4 aromatic rings. The van der Waals surface area contributed by atoms with Gasteiger partial charge in [-0.25, -0.2) is 9.78 Å². The van der Waals surface area contributed by atoms with Crippen molar-refractivity contribution in [1.29, 1.82) is 0 Å². The van der Waals surface area contributed by atoms with E-state index in [1.807, 2.05) is 73.7 Å². The average Bonchev–Trinajstić information content (AvgIpc) is 3.12. The molecule has 0 saturated carbocycles. The van der Waals surface area contributed by atoms with E-state index >= 15 is 0 Å². The van der Waals surface area contributed by atoms with Gasteiger partial charge < -0.3 is 14.5 Å². The first kappa shape index (κ1) is 17.8. The normalized spacial score (nSPS) is 10.8. The Kier molecular flexibility index (Phi) is 4.81. The number of fused-ring (bicyclic) bond motifs is 1. The number of aromatic amines is 1. The summed E-state index contributed by atoms with van der Waals surface area (Å²) in [4.78, 5) is 19.8. The number of carbonyl (C=O) groups is 1. The predicted molar refractivity (Wildman–Crippen MR) is 108 cm³/mol. The van der Waals surface area contributed by atoms with Crippen molar-refractivity contribution in [3.8, 4) is 16.9 Å². The Balaban J connectivity index is 1.61. The van der Waals surface area contributed by atoms with Crippen molar-refractivity contribution >= 4 is 17.0 Å². The van der Waals surface area contributed by atoms with E-state index in [1.165, 1.54) is 7.11 Å². The van der Waals surface area contributed by atoms with Crippen molar-refractivity contribution in [2.24, 2.45) is 0 Å². The number of hydrogen-bond acceptors (Lipinski definition) is 4. The van der Waals surface area contributed by atoms with Crippen molar-refractivity contribution in [2.45, 2.75) is 13.5 Å². The van der Waals surface area contributed by atoms with Crippen LogP contribution in [0.4, 0.5) is 0 Å². The van der Waals surface area contributed by atoms with Gasteiger partial charge in [0.05, 0.1) is 18.2 Å². The molecule has 140 valence electrons. The second-order valence-corrected chi connectivity index (χ2v) is 6.53. The molecule has 0 bridgehead atoms. The van der Waals surface area contributed by atoms with Crippen LogP contribution in [-0.2, 0) is 11.3 Å². The van der Waals surface area contributed by atoms with Crippen LogP contribution in [0.25, 0.3) is 22.2 Å². The molecule has 0 spiro atoms. The fraction of sp³-hybridized carbons (Fsp3) is 0.130. The number of hydrogen-bond donors (Lipinski definition) is 1. The highest BCUT2D eigenvalue weighted by molar-refractivity contribution is 6.04. The number of ether oxygens (including phenoxy) is 2. The summed E-state index contributed by atoms with van der Waals surface area (Å²) in [6.45, 7) is 2.38. The number of rotatable bonds is 5. The van der Waals surface area contributed by atoms with E-state index in [-0.39, 0.29) is 0 Å². The highest BCUT2D eigenvalue weighted by Crippen LogP contribution is 2.28. The Morgan fingerprint density at radius 2 is 1.75 bits per heavy atom. The lowest BCUT2D eigenvalue weighted by atomic mass is 10.0. The van der Waals surface area contributed by atoms with Gasteiger partial charge in [0.2, 0.25) is 0 Å². The number of benzene rings is 3.